The van der Waals surface area contributed by atoms with Gasteiger partial charge in [0.25, 0.3) is 0 Å². The van der Waals surface area contributed by atoms with Gasteiger partial charge in [0.15, 0.2) is 0 Å². The van der Waals surface area contributed by atoms with Gasteiger partial charge < -0.3 is 13.9 Å². The second-order valence-corrected chi connectivity index (χ2v) is 5.53. The molecule has 1 aliphatic heterocycles. The van der Waals surface area contributed by atoms with Crippen molar-refractivity contribution in [3.63, 3.8) is 0 Å². The van der Waals surface area contributed by atoms with Crippen LogP contribution in [0.15, 0.2) is 28.7 Å². The van der Waals surface area contributed by atoms with Crippen molar-refractivity contribution in [2.75, 3.05) is 26.8 Å². The largest absolute Gasteiger partial charge is 0.497 e. The van der Waals surface area contributed by atoms with Gasteiger partial charge in [-0.05, 0) is 38.1 Å². The Morgan fingerprint density at radius 1 is 1.27 bits per heavy atom. The number of rotatable bonds is 4. The molecule has 6 heteroatoms. The predicted octanol–water partition coefficient (Wildman–Crippen LogP) is 2.53. The maximum absolute atomic E-state index is 5.85. The van der Waals surface area contributed by atoms with Gasteiger partial charge in [-0.25, -0.2) is 0 Å². The fourth-order valence-corrected chi connectivity index (χ4v) is 2.61. The highest BCUT2D eigenvalue weighted by Crippen LogP contribution is 2.26. The third-order valence-electron chi connectivity index (χ3n) is 3.96. The Balaban J connectivity index is 1.74. The molecular formula is C16H21N3O3. The van der Waals surface area contributed by atoms with Crippen molar-refractivity contribution in [1.29, 1.82) is 0 Å². The van der Waals surface area contributed by atoms with Gasteiger partial charge in [-0.3, -0.25) is 4.90 Å². The SMILES string of the molecule is COc1ccc(-c2nnc([C@H](C)N3CCO[C@H](C)C3)o2)cc1. The van der Waals surface area contributed by atoms with E-state index in [1.807, 2.05) is 24.3 Å². The summed E-state index contributed by atoms with van der Waals surface area (Å²) in [5.41, 5.74) is 0.891. The highest BCUT2D eigenvalue weighted by molar-refractivity contribution is 5.53. The summed E-state index contributed by atoms with van der Waals surface area (Å²) in [5, 5.41) is 8.37. The van der Waals surface area contributed by atoms with E-state index in [9.17, 15) is 0 Å². The quantitative estimate of drug-likeness (QED) is 0.865. The minimum atomic E-state index is 0.0887. The van der Waals surface area contributed by atoms with Gasteiger partial charge in [0.05, 0.1) is 25.9 Å². The molecule has 0 unspecified atom stereocenters. The summed E-state index contributed by atoms with van der Waals surface area (Å²) in [7, 11) is 1.64. The van der Waals surface area contributed by atoms with Crippen molar-refractivity contribution in [2.24, 2.45) is 0 Å². The lowest BCUT2D eigenvalue weighted by Gasteiger charge is -2.33. The molecule has 1 aliphatic rings. The van der Waals surface area contributed by atoms with Crippen LogP contribution in [0.2, 0.25) is 0 Å². The van der Waals surface area contributed by atoms with Crippen molar-refractivity contribution >= 4 is 0 Å². The van der Waals surface area contributed by atoms with Gasteiger partial charge in [0.2, 0.25) is 11.8 Å². The Hall–Kier alpha value is -1.92. The van der Waals surface area contributed by atoms with Crippen LogP contribution in [0.4, 0.5) is 0 Å². The van der Waals surface area contributed by atoms with E-state index in [1.165, 1.54) is 0 Å². The van der Waals surface area contributed by atoms with Crippen LogP contribution in [-0.4, -0.2) is 48.0 Å². The zero-order chi connectivity index (χ0) is 15.5. The summed E-state index contributed by atoms with van der Waals surface area (Å²) in [6, 6.07) is 7.68. The van der Waals surface area contributed by atoms with E-state index in [4.69, 9.17) is 13.9 Å². The minimum absolute atomic E-state index is 0.0887. The van der Waals surface area contributed by atoms with E-state index >= 15 is 0 Å². The molecule has 0 N–H and O–H groups in total. The lowest BCUT2D eigenvalue weighted by molar-refractivity contribution is -0.0354. The van der Waals surface area contributed by atoms with E-state index in [0.717, 1.165) is 31.0 Å². The molecule has 1 fully saturated rings. The summed E-state index contributed by atoms with van der Waals surface area (Å²) in [6.45, 7) is 6.66. The van der Waals surface area contributed by atoms with E-state index < -0.39 is 0 Å². The molecule has 0 aliphatic carbocycles. The summed E-state index contributed by atoms with van der Waals surface area (Å²) in [5.74, 6) is 1.98. The molecule has 0 spiro atoms. The molecule has 1 saturated heterocycles. The van der Waals surface area contributed by atoms with Gasteiger partial charge in [-0.15, -0.1) is 10.2 Å². The predicted molar refractivity (Wildman–Crippen MR) is 81.7 cm³/mol. The first-order valence-corrected chi connectivity index (χ1v) is 7.51. The number of aromatic nitrogens is 2. The number of morpholine rings is 1. The highest BCUT2D eigenvalue weighted by Gasteiger charge is 2.26. The van der Waals surface area contributed by atoms with Crippen LogP contribution in [0.3, 0.4) is 0 Å². The second-order valence-electron chi connectivity index (χ2n) is 5.53. The Bertz CT molecular complexity index is 611. The molecule has 1 aromatic heterocycles. The summed E-state index contributed by atoms with van der Waals surface area (Å²) < 4.78 is 16.6. The topological polar surface area (TPSA) is 60.6 Å². The molecule has 1 aromatic carbocycles. The molecule has 2 atom stereocenters. The molecule has 6 nitrogen and oxygen atoms in total. The first-order valence-electron chi connectivity index (χ1n) is 7.51. The van der Waals surface area contributed by atoms with Crippen LogP contribution >= 0.6 is 0 Å². The lowest BCUT2D eigenvalue weighted by Crippen LogP contribution is -2.42. The minimum Gasteiger partial charge on any atom is -0.497 e. The molecule has 0 bridgehead atoms. The van der Waals surface area contributed by atoms with E-state index in [1.54, 1.807) is 7.11 Å². The Labute approximate surface area is 130 Å². The van der Waals surface area contributed by atoms with Crippen LogP contribution in [0, 0.1) is 0 Å². The molecule has 118 valence electrons. The van der Waals surface area contributed by atoms with Crippen LogP contribution in [0.5, 0.6) is 5.75 Å². The monoisotopic (exact) mass is 303 g/mol. The number of hydrogen-bond donors (Lipinski definition) is 0. The van der Waals surface area contributed by atoms with Crippen molar-refractivity contribution in [1.82, 2.24) is 15.1 Å². The molecule has 3 rings (SSSR count). The number of nitrogens with zero attached hydrogens (tertiary/aromatic N) is 3. The van der Waals surface area contributed by atoms with Crippen LogP contribution in [0.1, 0.15) is 25.8 Å². The third kappa shape index (κ3) is 3.13. The molecule has 2 heterocycles. The maximum atomic E-state index is 5.85. The van der Waals surface area contributed by atoms with Gasteiger partial charge >= 0.3 is 0 Å². The Morgan fingerprint density at radius 3 is 2.73 bits per heavy atom. The zero-order valence-corrected chi connectivity index (χ0v) is 13.2. The fourth-order valence-electron chi connectivity index (χ4n) is 2.61. The lowest BCUT2D eigenvalue weighted by atomic mass is 10.2. The second kappa shape index (κ2) is 6.46. The molecule has 22 heavy (non-hydrogen) atoms. The van der Waals surface area contributed by atoms with Gasteiger partial charge in [0, 0.05) is 18.7 Å². The van der Waals surface area contributed by atoms with Gasteiger partial charge in [-0.2, -0.15) is 0 Å². The first kappa shape index (κ1) is 15.0. The van der Waals surface area contributed by atoms with Crippen LogP contribution < -0.4 is 4.74 Å². The first-order chi connectivity index (χ1) is 10.7. The van der Waals surface area contributed by atoms with Gasteiger partial charge in [-0.1, -0.05) is 0 Å². The normalized spacial score (nSPS) is 20.8. The van der Waals surface area contributed by atoms with Crippen molar-refractivity contribution in [3.05, 3.63) is 30.2 Å². The average Bonchev–Trinajstić information content (AvgIpc) is 3.04. The van der Waals surface area contributed by atoms with Gasteiger partial charge in [0.1, 0.15) is 5.75 Å². The standard InChI is InChI=1S/C16H21N3O3/c1-11-10-19(8-9-21-11)12(2)15-17-18-16(22-15)13-4-6-14(20-3)7-5-13/h4-7,11-12H,8-10H2,1-3H3/t11-,12+/m1/s1. The Morgan fingerprint density at radius 2 is 2.05 bits per heavy atom. The molecule has 0 radical (unpaired) electrons. The molecule has 0 amide bonds. The molecule has 0 saturated carbocycles. The molecule has 2 aromatic rings. The summed E-state index contributed by atoms with van der Waals surface area (Å²) in [4.78, 5) is 2.31. The van der Waals surface area contributed by atoms with E-state index in [2.05, 4.69) is 28.9 Å². The number of hydrogen-bond acceptors (Lipinski definition) is 6. The van der Waals surface area contributed by atoms with Crippen molar-refractivity contribution < 1.29 is 13.9 Å². The van der Waals surface area contributed by atoms with Crippen molar-refractivity contribution in [3.8, 4) is 17.2 Å². The van der Waals surface area contributed by atoms with Crippen molar-refractivity contribution in [2.45, 2.75) is 26.0 Å². The highest BCUT2D eigenvalue weighted by atomic mass is 16.5. The van der Waals surface area contributed by atoms with E-state index in [-0.39, 0.29) is 12.1 Å². The number of benzene rings is 1. The third-order valence-corrected chi connectivity index (χ3v) is 3.96. The smallest absolute Gasteiger partial charge is 0.247 e. The Kier molecular flexibility index (Phi) is 4.40. The molecular weight excluding hydrogens is 282 g/mol. The van der Waals surface area contributed by atoms with Crippen LogP contribution in [-0.2, 0) is 4.74 Å². The number of methoxy groups -OCH3 is 1. The fraction of sp³-hybridized carbons (Fsp3) is 0.500. The summed E-state index contributed by atoms with van der Waals surface area (Å²) in [6.07, 6.45) is 0.236. The average molecular weight is 303 g/mol. The van der Waals surface area contributed by atoms with E-state index in [0.29, 0.717) is 11.8 Å². The maximum Gasteiger partial charge on any atom is 0.247 e. The number of ether oxygens (including phenoxy) is 2. The zero-order valence-electron chi connectivity index (χ0n) is 13.2. The van der Waals surface area contributed by atoms with Crippen LogP contribution in [0.25, 0.3) is 11.5 Å². The summed E-state index contributed by atoms with van der Waals surface area (Å²) >= 11 is 0.